The Morgan fingerprint density at radius 3 is 2.72 bits per heavy atom. The van der Waals surface area contributed by atoms with Gasteiger partial charge in [-0.15, -0.1) is 16.8 Å². The highest BCUT2D eigenvalue weighted by molar-refractivity contribution is 7.99. The largest absolute Gasteiger partial charge is 0.311 e. The Kier molecular flexibility index (Phi) is 7.88. The van der Waals surface area contributed by atoms with Crippen molar-refractivity contribution in [3.8, 4) is 6.07 Å². The number of carbonyl (C=O) groups is 1. The number of amides is 1. The summed E-state index contributed by atoms with van der Waals surface area (Å²) in [6.45, 7) is 4.89. The molecule has 0 unspecified atom stereocenters. The van der Waals surface area contributed by atoms with Crippen molar-refractivity contribution >= 4 is 23.4 Å². The second kappa shape index (κ2) is 10.8. The number of benzene rings is 1. The summed E-state index contributed by atoms with van der Waals surface area (Å²) < 4.78 is 2.10. The van der Waals surface area contributed by atoms with Gasteiger partial charge in [0.1, 0.15) is 5.82 Å². The quantitative estimate of drug-likeness (QED) is 0.449. The summed E-state index contributed by atoms with van der Waals surface area (Å²) in [7, 11) is 0. The smallest absolute Gasteiger partial charge is 0.237 e. The summed E-state index contributed by atoms with van der Waals surface area (Å²) in [5.74, 6) is 1.67. The van der Waals surface area contributed by atoms with E-state index in [0.717, 1.165) is 29.5 Å². The number of thioether (sulfide) groups is 1. The molecule has 0 aliphatic heterocycles. The molecular formula is C22H27N5OS. The average Bonchev–Trinajstić information content (AvgIpc) is 3.17. The number of hydrogen-bond acceptors (Lipinski definition) is 5. The molecule has 0 bridgehead atoms. The van der Waals surface area contributed by atoms with Crippen molar-refractivity contribution in [2.24, 2.45) is 0 Å². The van der Waals surface area contributed by atoms with Crippen molar-refractivity contribution < 1.29 is 4.79 Å². The number of aromatic nitrogens is 3. The van der Waals surface area contributed by atoms with Crippen LogP contribution in [0.3, 0.4) is 0 Å². The molecule has 7 heteroatoms. The van der Waals surface area contributed by atoms with Gasteiger partial charge in [-0.1, -0.05) is 55.3 Å². The van der Waals surface area contributed by atoms with E-state index in [1.165, 1.54) is 31.0 Å². The number of rotatable bonds is 9. The lowest BCUT2D eigenvalue weighted by molar-refractivity contribution is -0.116. The molecule has 0 saturated heterocycles. The predicted molar refractivity (Wildman–Crippen MR) is 116 cm³/mol. The summed E-state index contributed by atoms with van der Waals surface area (Å²) in [5, 5.41) is 18.6. The van der Waals surface area contributed by atoms with Crippen molar-refractivity contribution in [3.05, 3.63) is 48.8 Å². The van der Waals surface area contributed by atoms with E-state index in [0.29, 0.717) is 25.4 Å². The predicted octanol–water partition coefficient (Wildman–Crippen LogP) is 4.55. The van der Waals surface area contributed by atoms with E-state index < -0.39 is 0 Å². The van der Waals surface area contributed by atoms with Crippen LogP contribution in [0.4, 0.5) is 5.69 Å². The van der Waals surface area contributed by atoms with Gasteiger partial charge in [-0.2, -0.15) is 5.26 Å². The van der Waals surface area contributed by atoms with Crippen LogP contribution >= 0.6 is 11.8 Å². The minimum Gasteiger partial charge on any atom is -0.311 e. The zero-order valence-corrected chi connectivity index (χ0v) is 17.5. The summed E-state index contributed by atoms with van der Waals surface area (Å²) in [5.41, 5.74) is 0.809. The number of nitriles is 1. The Morgan fingerprint density at radius 2 is 2.03 bits per heavy atom. The molecule has 0 radical (unpaired) electrons. The molecule has 1 heterocycles. The van der Waals surface area contributed by atoms with Gasteiger partial charge in [-0.25, -0.2) is 0 Å². The summed E-state index contributed by atoms with van der Waals surface area (Å²) in [6, 6.07) is 11.6. The lowest BCUT2D eigenvalue weighted by atomic mass is 9.89. The zero-order chi connectivity index (χ0) is 20.5. The molecule has 29 heavy (non-hydrogen) atoms. The molecule has 1 amide bonds. The van der Waals surface area contributed by atoms with E-state index in [-0.39, 0.29) is 11.7 Å². The zero-order valence-electron chi connectivity index (χ0n) is 16.7. The van der Waals surface area contributed by atoms with Crippen molar-refractivity contribution in [3.63, 3.8) is 0 Å². The number of para-hydroxylation sites is 1. The monoisotopic (exact) mass is 409 g/mol. The third-order valence-electron chi connectivity index (χ3n) is 5.17. The van der Waals surface area contributed by atoms with Gasteiger partial charge in [0.15, 0.2) is 5.16 Å². The SMILES string of the molecule is C=CCn1c(SCC(=O)N(CCC#N)c2ccccc2)nnc1C1CCCCC1. The van der Waals surface area contributed by atoms with Gasteiger partial charge in [-0.05, 0) is 25.0 Å². The van der Waals surface area contributed by atoms with E-state index in [2.05, 4.69) is 27.4 Å². The Hall–Kier alpha value is -2.59. The molecule has 152 valence electrons. The molecule has 1 aliphatic carbocycles. The number of hydrogen-bond donors (Lipinski definition) is 0. The molecule has 0 atom stereocenters. The Bertz CT molecular complexity index is 852. The van der Waals surface area contributed by atoms with Crippen LogP contribution in [0, 0.1) is 11.3 Å². The first-order valence-electron chi connectivity index (χ1n) is 10.1. The van der Waals surface area contributed by atoms with E-state index in [1.807, 2.05) is 36.4 Å². The van der Waals surface area contributed by atoms with Gasteiger partial charge in [-0.3, -0.25) is 4.79 Å². The first kappa shape index (κ1) is 21.1. The van der Waals surface area contributed by atoms with Gasteiger partial charge in [0, 0.05) is 24.7 Å². The first-order valence-corrected chi connectivity index (χ1v) is 11.1. The van der Waals surface area contributed by atoms with Crippen LogP contribution in [0.25, 0.3) is 0 Å². The van der Waals surface area contributed by atoms with Gasteiger partial charge < -0.3 is 9.47 Å². The lowest BCUT2D eigenvalue weighted by Gasteiger charge is -2.22. The molecule has 1 aromatic heterocycles. The van der Waals surface area contributed by atoms with E-state index in [4.69, 9.17) is 5.26 Å². The topological polar surface area (TPSA) is 74.8 Å². The summed E-state index contributed by atoms with van der Waals surface area (Å²) >= 11 is 1.40. The van der Waals surface area contributed by atoms with Gasteiger partial charge in [0.25, 0.3) is 0 Å². The average molecular weight is 410 g/mol. The van der Waals surface area contributed by atoms with Crippen molar-refractivity contribution in [2.75, 3.05) is 17.2 Å². The standard InChI is InChI=1S/C22H27N5OS/c1-2-15-27-21(18-10-5-3-6-11-18)24-25-22(27)29-17-20(28)26(16-9-14-23)19-12-7-4-8-13-19/h2,4,7-8,12-13,18H,1,3,5-6,9-11,15-17H2. The molecule has 0 spiro atoms. The van der Waals surface area contributed by atoms with Crippen LogP contribution in [0.15, 0.2) is 48.1 Å². The van der Waals surface area contributed by atoms with Gasteiger partial charge >= 0.3 is 0 Å². The van der Waals surface area contributed by atoms with Crippen LogP contribution in [0.5, 0.6) is 0 Å². The maximum atomic E-state index is 12.9. The minimum absolute atomic E-state index is 0.0381. The number of anilines is 1. The fourth-order valence-corrected chi connectivity index (χ4v) is 4.57. The molecule has 0 N–H and O–H groups in total. The van der Waals surface area contributed by atoms with Gasteiger partial charge in [0.2, 0.25) is 5.91 Å². The minimum atomic E-state index is -0.0381. The van der Waals surface area contributed by atoms with Crippen molar-refractivity contribution in [2.45, 2.75) is 56.1 Å². The Morgan fingerprint density at radius 1 is 1.28 bits per heavy atom. The molecule has 3 rings (SSSR count). The van der Waals surface area contributed by atoms with E-state index in [1.54, 1.807) is 4.90 Å². The highest BCUT2D eigenvalue weighted by Crippen LogP contribution is 2.33. The third kappa shape index (κ3) is 5.48. The Balaban J connectivity index is 1.72. The summed E-state index contributed by atoms with van der Waals surface area (Å²) in [4.78, 5) is 14.6. The van der Waals surface area contributed by atoms with Crippen molar-refractivity contribution in [1.29, 1.82) is 5.26 Å². The second-order valence-electron chi connectivity index (χ2n) is 7.15. The van der Waals surface area contributed by atoms with E-state index in [9.17, 15) is 4.79 Å². The molecule has 1 saturated carbocycles. The van der Waals surface area contributed by atoms with E-state index >= 15 is 0 Å². The van der Waals surface area contributed by atoms with Gasteiger partial charge in [0.05, 0.1) is 18.2 Å². The number of allylic oxidation sites excluding steroid dienone is 1. The highest BCUT2D eigenvalue weighted by atomic mass is 32.2. The molecule has 1 aromatic carbocycles. The van der Waals surface area contributed by atoms with Crippen LogP contribution in [0.2, 0.25) is 0 Å². The maximum Gasteiger partial charge on any atom is 0.237 e. The second-order valence-corrected chi connectivity index (χ2v) is 8.10. The van der Waals surface area contributed by atoms with Crippen LogP contribution in [-0.2, 0) is 11.3 Å². The maximum absolute atomic E-state index is 12.9. The molecule has 6 nitrogen and oxygen atoms in total. The van der Waals surface area contributed by atoms with Crippen molar-refractivity contribution in [1.82, 2.24) is 14.8 Å². The highest BCUT2D eigenvalue weighted by Gasteiger charge is 2.24. The fourth-order valence-electron chi connectivity index (χ4n) is 3.74. The molecule has 1 fully saturated rings. The van der Waals surface area contributed by atoms with Crippen LogP contribution in [0.1, 0.15) is 50.3 Å². The number of carbonyl (C=O) groups excluding carboxylic acids is 1. The molecular weight excluding hydrogens is 382 g/mol. The Labute approximate surface area is 176 Å². The first-order chi connectivity index (χ1) is 14.2. The lowest BCUT2D eigenvalue weighted by Crippen LogP contribution is -2.33. The third-order valence-corrected chi connectivity index (χ3v) is 6.12. The van der Waals surface area contributed by atoms with Crippen LogP contribution in [-0.4, -0.2) is 33.0 Å². The fraction of sp³-hybridized carbons (Fsp3) is 0.455. The number of nitrogens with zero attached hydrogens (tertiary/aromatic N) is 5. The normalized spacial score (nSPS) is 14.3. The molecule has 2 aromatic rings. The molecule has 1 aliphatic rings. The summed E-state index contributed by atoms with van der Waals surface area (Å²) in [6.07, 6.45) is 8.20. The van der Waals surface area contributed by atoms with Crippen LogP contribution < -0.4 is 4.90 Å².